The Morgan fingerprint density at radius 1 is 1.00 bits per heavy atom. The first-order valence-corrected chi connectivity index (χ1v) is 5.94. The molecule has 0 aliphatic heterocycles. The summed E-state index contributed by atoms with van der Waals surface area (Å²) in [5.74, 6) is -1.90. The second kappa shape index (κ2) is 5.12. The molecule has 2 aromatic rings. The Morgan fingerprint density at radius 2 is 1.61 bits per heavy atom. The molecule has 1 unspecified atom stereocenters. The molecular formula is C13H9BrF3N. The molecule has 0 radical (unpaired) electrons. The monoisotopic (exact) mass is 315 g/mol. The number of rotatable bonds is 2. The number of benzene rings is 2. The second-order valence-corrected chi connectivity index (χ2v) is 4.63. The Morgan fingerprint density at radius 3 is 2.17 bits per heavy atom. The van der Waals surface area contributed by atoms with Gasteiger partial charge in [0.25, 0.3) is 0 Å². The summed E-state index contributed by atoms with van der Waals surface area (Å²) in [6, 6.07) is 6.33. The van der Waals surface area contributed by atoms with E-state index in [0.29, 0.717) is 10.0 Å². The maximum absolute atomic E-state index is 13.6. The second-order valence-electron chi connectivity index (χ2n) is 3.78. The van der Waals surface area contributed by atoms with Gasteiger partial charge in [0.05, 0.1) is 6.04 Å². The summed E-state index contributed by atoms with van der Waals surface area (Å²) >= 11 is 3.13. The van der Waals surface area contributed by atoms with Crippen LogP contribution in [0.25, 0.3) is 0 Å². The van der Waals surface area contributed by atoms with Crippen molar-refractivity contribution in [3.05, 3.63) is 69.4 Å². The molecule has 94 valence electrons. The number of nitrogens with two attached hydrogens (primary N) is 1. The molecule has 0 heterocycles. The molecule has 1 nitrogen and oxygen atoms in total. The minimum absolute atomic E-state index is 0.232. The van der Waals surface area contributed by atoms with Crippen molar-refractivity contribution in [1.29, 1.82) is 0 Å². The fourth-order valence-corrected chi connectivity index (χ4v) is 2.31. The van der Waals surface area contributed by atoms with Crippen LogP contribution >= 0.6 is 15.9 Å². The Balaban J connectivity index is 2.51. The molecular weight excluding hydrogens is 307 g/mol. The van der Waals surface area contributed by atoms with Crippen molar-refractivity contribution in [2.24, 2.45) is 5.73 Å². The van der Waals surface area contributed by atoms with E-state index in [1.54, 1.807) is 0 Å². The van der Waals surface area contributed by atoms with Gasteiger partial charge in [-0.3, -0.25) is 0 Å². The third-order valence-electron chi connectivity index (χ3n) is 2.61. The van der Waals surface area contributed by atoms with E-state index in [2.05, 4.69) is 15.9 Å². The van der Waals surface area contributed by atoms with Gasteiger partial charge in [0.2, 0.25) is 0 Å². The lowest BCUT2D eigenvalue weighted by Crippen LogP contribution is -2.16. The van der Waals surface area contributed by atoms with Crippen LogP contribution < -0.4 is 5.73 Å². The van der Waals surface area contributed by atoms with E-state index in [9.17, 15) is 13.2 Å². The Labute approximate surface area is 111 Å². The molecule has 0 spiro atoms. The van der Waals surface area contributed by atoms with Gasteiger partial charge in [-0.2, -0.15) is 0 Å². The molecule has 18 heavy (non-hydrogen) atoms. The molecule has 1 atom stereocenters. The first kappa shape index (κ1) is 13.1. The van der Waals surface area contributed by atoms with Crippen LogP contribution in [0, 0.1) is 17.5 Å². The van der Waals surface area contributed by atoms with Crippen LogP contribution in [0.4, 0.5) is 13.2 Å². The van der Waals surface area contributed by atoms with Crippen LogP contribution in [0.3, 0.4) is 0 Å². The molecule has 0 saturated heterocycles. The molecule has 0 bridgehead atoms. The predicted octanol–water partition coefficient (Wildman–Crippen LogP) is 3.91. The van der Waals surface area contributed by atoms with Crippen molar-refractivity contribution < 1.29 is 13.2 Å². The van der Waals surface area contributed by atoms with E-state index in [4.69, 9.17) is 5.73 Å². The quantitative estimate of drug-likeness (QED) is 0.893. The fourth-order valence-electron chi connectivity index (χ4n) is 1.72. The Kier molecular flexibility index (Phi) is 3.73. The van der Waals surface area contributed by atoms with Crippen LogP contribution in [0.15, 0.2) is 40.9 Å². The van der Waals surface area contributed by atoms with Gasteiger partial charge in [-0.15, -0.1) is 0 Å². The number of hydrogen-bond donors (Lipinski definition) is 1. The van der Waals surface area contributed by atoms with Crippen molar-refractivity contribution in [2.45, 2.75) is 6.04 Å². The lowest BCUT2D eigenvalue weighted by molar-refractivity contribution is 0.542. The normalized spacial score (nSPS) is 12.5. The first-order valence-electron chi connectivity index (χ1n) is 5.15. The van der Waals surface area contributed by atoms with Crippen LogP contribution in [0.5, 0.6) is 0 Å². The molecule has 0 aliphatic carbocycles. The Bertz CT molecular complexity index is 566. The van der Waals surface area contributed by atoms with Crippen LogP contribution in [0.2, 0.25) is 0 Å². The van der Waals surface area contributed by atoms with Crippen molar-refractivity contribution in [1.82, 2.24) is 0 Å². The van der Waals surface area contributed by atoms with Gasteiger partial charge in [0.15, 0.2) is 0 Å². The average Bonchev–Trinajstić information content (AvgIpc) is 2.28. The molecule has 5 heteroatoms. The largest absolute Gasteiger partial charge is 0.320 e. The standard InChI is InChI=1S/C13H9BrF3N/c14-9-6-7(15)4-5-8(9)13(18)12-10(16)2-1-3-11(12)17/h1-6,13H,18H2. The highest BCUT2D eigenvalue weighted by atomic mass is 79.9. The van der Waals surface area contributed by atoms with E-state index in [1.807, 2.05) is 0 Å². The third kappa shape index (κ3) is 2.42. The highest BCUT2D eigenvalue weighted by molar-refractivity contribution is 9.10. The maximum atomic E-state index is 13.6. The van der Waals surface area contributed by atoms with Gasteiger partial charge in [0, 0.05) is 10.0 Å². The molecule has 0 aliphatic rings. The van der Waals surface area contributed by atoms with E-state index < -0.39 is 23.5 Å². The first-order chi connectivity index (χ1) is 8.50. The molecule has 0 fully saturated rings. The zero-order valence-electron chi connectivity index (χ0n) is 9.13. The zero-order valence-corrected chi connectivity index (χ0v) is 10.7. The minimum atomic E-state index is -0.999. The van der Waals surface area contributed by atoms with Crippen LogP contribution in [-0.2, 0) is 0 Å². The van der Waals surface area contributed by atoms with Crippen molar-refractivity contribution in [2.75, 3.05) is 0 Å². The zero-order chi connectivity index (χ0) is 13.3. The topological polar surface area (TPSA) is 26.0 Å². The summed E-state index contributed by atoms with van der Waals surface area (Å²) < 4.78 is 40.5. The average molecular weight is 316 g/mol. The molecule has 2 rings (SSSR count). The highest BCUT2D eigenvalue weighted by Crippen LogP contribution is 2.30. The molecule has 2 aromatic carbocycles. The lowest BCUT2D eigenvalue weighted by Gasteiger charge is -2.16. The minimum Gasteiger partial charge on any atom is -0.320 e. The highest BCUT2D eigenvalue weighted by Gasteiger charge is 2.20. The van der Waals surface area contributed by atoms with Crippen molar-refractivity contribution in [3.8, 4) is 0 Å². The summed E-state index contributed by atoms with van der Waals surface area (Å²) in [7, 11) is 0. The fraction of sp³-hybridized carbons (Fsp3) is 0.0769. The molecule has 0 saturated carbocycles. The summed E-state index contributed by atoms with van der Waals surface area (Å²) in [5.41, 5.74) is 6.02. The third-order valence-corrected chi connectivity index (χ3v) is 3.30. The van der Waals surface area contributed by atoms with Crippen LogP contribution in [-0.4, -0.2) is 0 Å². The van der Waals surface area contributed by atoms with Crippen LogP contribution in [0.1, 0.15) is 17.2 Å². The van der Waals surface area contributed by atoms with Gasteiger partial charge in [-0.1, -0.05) is 28.1 Å². The van der Waals surface area contributed by atoms with Gasteiger partial charge >= 0.3 is 0 Å². The van der Waals surface area contributed by atoms with E-state index >= 15 is 0 Å². The lowest BCUT2D eigenvalue weighted by atomic mass is 9.98. The summed E-state index contributed by atoms with van der Waals surface area (Å²) in [6.45, 7) is 0. The van der Waals surface area contributed by atoms with E-state index in [0.717, 1.165) is 12.1 Å². The predicted molar refractivity (Wildman–Crippen MR) is 66.5 cm³/mol. The van der Waals surface area contributed by atoms with Crippen molar-refractivity contribution in [3.63, 3.8) is 0 Å². The SMILES string of the molecule is NC(c1ccc(F)cc1Br)c1c(F)cccc1F. The molecule has 0 aromatic heterocycles. The summed E-state index contributed by atoms with van der Waals surface area (Å²) in [6.07, 6.45) is 0. The maximum Gasteiger partial charge on any atom is 0.131 e. The van der Waals surface area contributed by atoms with Gasteiger partial charge < -0.3 is 5.73 Å². The summed E-state index contributed by atoms with van der Waals surface area (Å²) in [4.78, 5) is 0. The van der Waals surface area contributed by atoms with E-state index in [1.165, 1.54) is 24.3 Å². The van der Waals surface area contributed by atoms with Crippen molar-refractivity contribution >= 4 is 15.9 Å². The van der Waals surface area contributed by atoms with Gasteiger partial charge in [-0.05, 0) is 29.8 Å². The van der Waals surface area contributed by atoms with Gasteiger partial charge in [-0.25, -0.2) is 13.2 Å². The van der Waals surface area contributed by atoms with E-state index in [-0.39, 0.29) is 5.56 Å². The molecule has 0 amide bonds. The summed E-state index contributed by atoms with van der Waals surface area (Å²) in [5, 5.41) is 0. The van der Waals surface area contributed by atoms with Gasteiger partial charge in [0.1, 0.15) is 17.5 Å². The number of hydrogen-bond acceptors (Lipinski definition) is 1. The smallest absolute Gasteiger partial charge is 0.131 e. The molecule has 2 N–H and O–H groups in total. The Hall–Kier alpha value is -1.33. The number of halogens is 4.